The number of hydrogen-bond acceptors (Lipinski definition) is 4. The third-order valence-electron chi connectivity index (χ3n) is 2.45. The Hall–Kier alpha value is -1.99. The van der Waals surface area contributed by atoms with Crippen LogP contribution in [0.5, 0.6) is 5.75 Å². The molecule has 0 saturated carbocycles. The molecule has 0 unspecified atom stereocenters. The van der Waals surface area contributed by atoms with Crippen LogP contribution in [0.25, 0.3) is 0 Å². The molecule has 86 valence electrons. The summed E-state index contributed by atoms with van der Waals surface area (Å²) in [6.07, 6.45) is 0. The van der Waals surface area contributed by atoms with Crippen LogP contribution in [-0.4, -0.2) is 5.11 Å². The average molecular weight is 244 g/mol. The molecule has 0 fully saturated rings. The van der Waals surface area contributed by atoms with Crippen LogP contribution in [0.1, 0.15) is 15.3 Å². The van der Waals surface area contributed by atoms with Crippen LogP contribution in [0, 0.1) is 18.3 Å². The minimum atomic E-state index is 0.291. The van der Waals surface area contributed by atoms with Gasteiger partial charge in [-0.3, -0.25) is 0 Å². The van der Waals surface area contributed by atoms with Crippen LogP contribution in [0.2, 0.25) is 0 Å². The van der Waals surface area contributed by atoms with Crippen LogP contribution in [0.3, 0.4) is 0 Å². The standard InChI is InChI=1S/C13H12N2OS/c1-9-2-3-10(6-13(9)16)15-8-12-5-4-11(7-14)17-12/h2-6,15-16H,8H2,1H3. The van der Waals surface area contributed by atoms with E-state index in [2.05, 4.69) is 11.4 Å². The summed E-state index contributed by atoms with van der Waals surface area (Å²) in [6.45, 7) is 2.52. The predicted molar refractivity (Wildman–Crippen MR) is 69.2 cm³/mol. The van der Waals surface area contributed by atoms with Crippen molar-refractivity contribution in [3.8, 4) is 11.8 Å². The van der Waals surface area contributed by atoms with Gasteiger partial charge in [0.25, 0.3) is 0 Å². The predicted octanol–water partition coefficient (Wildman–Crippen LogP) is 3.25. The molecule has 2 rings (SSSR count). The molecule has 0 atom stereocenters. The van der Waals surface area contributed by atoms with Gasteiger partial charge in [0.2, 0.25) is 0 Å². The van der Waals surface area contributed by atoms with E-state index in [0.29, 0.717) is 17.2 Å². The number of phenolic OH excluding ortho intramolecular Hbond substituents is 1. The van der Waals surface area contributed by atoms with Gasteiger partial charge in [-0.05, 0) is 30.7 Å². The van der Waals surface area contributed by atoms with Crippen LogP contribution in [0.15, 0.2) is 30.3 Å². The van der Waals surface area contributed by atoms with Gasteiger partial charge < -0.3 is 10.4 Å². The third-order valence-corrected chi connectivity index (χ3v) is 3.44. The smallest absolute Gasteiger partial charge is 0.120 e. The molecular formula is C13H12N2OS. The minimum Gasteiger partial charge on any atom is -0.508 e. The van der Waals surface area contributed by atoms with Crippen molar-refractivity contribution in [2.75, 3.05) is 5.32 Å². The molecule has 0 radical (unpaired) electrons. The van der Waals surface area contributed by atoms with Crippen molar-refractivity contribution in [1.29, 1.82) is 5.26 Å². The van der Waals surface area contributed by atoms with Crippen molar-refractivity contribution in [3.05, 3.63) is 45.6 Å². The normalized spacial score (nSPS) is 9.88. The molecule has 1 aromatic carbocycles. The van der Waals surface area contributed by atoms with E-state index in [-0.39, 0.29) is 0 Å². The number of nitrogens with zero attached hydrogens (tertiary/aromatic N) is 1. The highest BCUT2D eigenvalue weighted by Crippen LogP contribution is 2.22. The van der Waals surface area contributed by atoms with Crippen molar-refractivity contribution < 1.29 is 5.11 Å². The highest BCUT2D eigenvalue weighted by atomic mass is 32.1. The molecular weight excluding hydrogens is 232 g/mol. The zero-order valence-corrected chi connectivity index (χ0v) is 10.2. The molecule has 2 N–H and O–H groups in total. The first-order valence-electron chi connectivity index (χ1n) is 5.21. The van der Waals surface area contributed by atoms with Crippen LogP contribution in [-0.2, 0) is 6.54 Å². The molecule has 1 aromatic heterocycles. The van der Waals surface area contributed by atoms with Gasteiger partial charge in [0, 0.05) is 23.2 Å². The van der Waals surface area contributed by atoms with Gasteiger partial charge in [-0.1, -0.05) is 6.07 Å². The maximum atomic E-state index is 9.56. The molecule has 17 heavy (non-hydrogen) atoms. The summed E-state index contributed by atoms with van der Waals surface area (Å²) in [5.74, 6) is 0.291. The van der Waals surface area contributed by atoms with Crippen molar-refractivity contribution in [2.24, 2.45) is 0 Å². The number of anilines is 1. The molecule has 0 aliphatic heterocycles. The van der Waals surface area contributed by atoms with E-state index in [4.69, 9.17) is 5.26 Å². The molecule has 4 heteroatoms. The maximum absolute atomic E-state index is 9.56. The molecule has 2 aromatic rings. The largest absolute Gasteiger partial charge is 0.508 e. The van der Waals surface area contributed by atoms with E-state index in [9.17, 15) is 5.11 Å². The number of phenols is 1. The van der Waals surface area contributed by atoms with E-state index < -0.39 is 0 Å². The molecule has 3 nitrogen and oxygen atoms in total. The van der Waals surface area contributed by atoms with Gasteiger partial charge in [0.05, 0.1) is 0 Å². The maximum Gasteiger partial charge on any atom is 0.120 e. The van der Waals surface area contributed by atoms with Gasteiger partial charge in [-0.15, -0.1) is 11.3 Å². The van der Waals surface area contributed by atoms with Crippen LogP contribution in [0.4, 0.5) is 5.69 Å². The van der Waals surface area contributed by atoms with Crippen molar-refractivity contribution in [1.82, 2.24) is 0 Å². The van der Waals surface area contributed by atoms with E-state index >= 15 is 0 Å². The second-order valence-electron chi connectivity index (χ2n) is 3.73. The highest BCUT2D eigenvalue weighted by molar-refractivity contribution is 7.12. The Bertz CT molecular complexity index is 569. The van der Waals surface area contributed by atoms with Gasteiger partial charge in [0.1, 0.15) is 16.7 Å². The summed E-state index contributed by atoms with van der Waals surface area (Å²) in [4.78, 5) is 1.81. The second kappa shape index (κ2) is 4.89. The quantitative estimate of drug-likeness (QED) is 0.871. The van der Waals surface area contributed by atoms with Crippen LogP contribution >= 0.6 is 11.3 Å². The number of aryl methyl sites for hydroxylation is 1. The lowest BCUT2D eigenvalue weighted by atomic mass is 10.2. The van der Waals surface area contributed by atoms with E-state index in [1.807, 2.05) is 31.2 Å². The number of hydrogen-bond donors (Lipinski definition) is 2. The zero-order valence-electron chi connectivity index (χ0n) is 9.40. The summed E-state index contributed by atoms with van der Waals surface area (Å²) >= 11 is 1.47. The summed E-state index contributed by atoms with van der Waals surface area (Å²) in [5, 5.41) is 21.5. The Morgan fingerprint density at radius 3 is 2.82 bits per heavy atom. The summed E-state index contributed by atoms with van der Waals surface area (Å²) < 4.78 is 0. The highest BCUT2D eigenvalue weighted by Gasteiger charge is 2.01. The SMILES string of the molecule is Cc1ccc(NCc2ccc(C#N)s2)cc1O. The third kappa shape index (κ3) is 2.77. The van der Waals surface area contributed by atoms with Gasteiger partial charge in [-0.25, -0.2) is 0 Å². The Labute approximate surface area is 104 Å². The number of benzene rings is 1. The van der Waals surface area contributed by atoms with Gasteiger partial charge >= 0.3 is 0 Å². The lowest BCUT2D eigenvalue weighted by molar-refractivity contribution is 0.471. The van der Waals surface area contributed by atoms with E-state index in [1.165, 1.54) is 11.3 Å². The average Bonchev–Trinajstić information content (AvgIpc) is 2.79. The molecule has 0 aliphatic rings. The first-order chi connectivity index (χ1) is 8.19. The topological polar surface area (TPSA) is 56.0 Å². The number of thiophene rings is 1. The molecule has 0 saturated heterocycles. The summed E-state index contributed by atoms with van der Waals surface area (Å²) in [5.41, 5.74) is 1.73. The van der Waals surface area contributed by atoms with Crippen LogP contribution < -0.4 is 5.32 Å². The molecule has 0 spiro atoms. The molecule has 0 aliphatic carbocycles. The molecule has 0 amide bonds. The number of nitriles is 1. The number of aromatic hydroxyl groups is 1. The van der Waals surface area contributed by atoms with E-state index in [0.717, 1.165) is 16.1 Å². The monoisotopic (exact) mass is 244 g/mol. The first-order valence-corrected chi connectivity index (χ1v) is 6.03. The fraction of sp³-hybridized carbons (Fsp3) is 0.154. The second-order valence-corrected chi connectivity index (χ2v) is 4.90. The Morgan fingerprint density at radius 1 is 1.35 bits per heavy atom. The van der Waals surface area contributed by atoms with Crippen molar-refractivity contribution in [3.63, 3.8) is 0 Å². The van der Waals surface area contributed by atoms with Gasteiger partial charge in [-0.2, -0.15) is 5.26 Å². The van der Waals surface area contributed by atoms with E-state index in [1.54, 1.807) is 6.07 Å². The summed E-state index contributed by atoms with van der Waals surface area (Å²) in [6, 6.07) is 11.4. The number of nitrogens with one attached hydrogen (secondary N) is 1. The lowest BCUT2D eigenvalue weighted by Gasteiger charge is -2.06. The number of rotatable bonds is 3. The Balaban J connectivity index is 2.02. The first kappa shape index (κ1) is 11.5. The van der Waals surface area contributed by atoms with Crippen molar-refractivity contribution >= 4 is 17.0 Å². The van der Waals surface area contributed by atoms with Crippen molar-refractivity contribution in [2.45, 2.75) is 13.5 Å². The fourth-order valence-electron chi connectivity index (χ4n) is 1.44. The minimum absolute atomic E-state index is 0.291. The Kier molecular flexibility index (Phi) is 3.31. The molecule has 1 heterocycles. The zero-order chi connectivity index (χ0) is 12.3. The Morgan fingerprint density at radius 2 is 2.18 bits per heavy atom. The lowest BCUT2D eigenvalue weighted by Crippen LogP contribution is -1.97. The summed E-state index contributed by atoms with van der Waals surface area (Å²) in [7, 11) is 0. The fourth-order valence-corrected chi connectivity index (χ4v) is 2.19. The van der Waals surface area contributed by atoms with Gasteiger partial charge in [0.15, 0.2) is 0 Å². The molecule has 0 bridgehead atoms.